The number of amides is 1. The third-order valence-corrected chi connectivity index (χ3v) is 2.44. The minimum atomic E-state index is -1.04. The number of fused-ring (bicyclic) bond motifs is 1. The van der Waals surface area contributed by atoms with Crippen molar-refractivity contribution in [3.8, 4) is 6.07 Å². The van der Waals surface area contributed by atoms with Gasteiger partial charge in [-0.2, -0.15) is 5.26 Å². The number of carboxylic acid groups (broad SMARTS) is 1. The number of benzene rings is 1. The first-order chi connectivity index (χ1) is 7.61. The summed E-state index contributed by atoms with van der Waals surface area (Å²) in [6, 6.07) is 6.73. The van der Waals surface area contributed by atoms with E-state index in [1.54, 1.807) is 18.2 Å². The van der Waals surface area contributed by atoms with Gasteiger partial charge in [0.15, 0.2) is 0 Å². The van der Waals surface area contributed by atoms with E-state index in [1.807, 2.05) is 6.07 Å². The topological polar surface area (TPSA) is 81.4 Å². The van der Waals surface area contributed by atoms with Gasteiger partial charge in [0.05, 0.1) is 11.6 Å². The Hall–Kier alpha value is -2.35. The van der Waals surface area contributed by atoms with Gasteiger partial charge in [0.2, 0.25) is 0 Å². The number of nitriles is 1. The molecule has 1 aliphatic rings. The number of nitrogens with zero attached hydrogens (tertiary/aromatic N) is 2. The molecule has 1 heterocycles. The van der Waals surface area contributed by atoms with E-state index in [-0.39, 0.29) is 19.0 Å². The van der Waals surface area contributed by atoms with Crippen LogP contribution >= 0.6 is 0 Å². The smallest absolute Gasteiger partial charge is 0.323 e. The molecular weight excluding hydrogens is 208 g/mol. The molecule has 16 heavy (non-hydrogen) atoms. The molecule has 1 aromatic rings. The summed E-state index contributed by atoms with van der Waals surface area (Å²) in [5.41, 5.74) is 1.68. The van der Waals surface area contributed by atoms with E-state index >= 15 is 0 Å². The van der Waals surface area contributed by atoms with Gasteiger partial charge in [-0.05, 0) is 23.8 Å². The fraction of sp³-hybridized carbons (Fsp3) is 0.182. The van der Waals surface area contributed by atoms with Crippen LogP contribution in [0.25, 0.3) is 0 Å². The second-order valence-electron chi connectivity index (χ2n) is 3.54. The van der Waals surface area contributed by atoms with E-state index in [0.717, 1.165) is 0 Å². The quantitative estimate of drug-likeness (QED) is 0.784. The van der Waals surface area contributed by atoms with Gasteiger partial charge >= 0.3 is 5.97 Å². The molecule has 1 aliphatic heterocycles. The summed E-state index contributed by atoms with van der Waals surface area (Å²) < 4.78 is 0. The first kappa shape index (κ1) is 10.2. The van der Waals surface area contributed by atoms with Crippen LogP contribution in [-0.2, 0) is 11.3 Å². The molecule has 0 aromatic heterocycles. The van der Waals surface area contributed by atoms with Crippen molar-refractivity contribution in [3.63, 3.8) is 0 Å². The average molecular weight is 216 g/mol. The van der Waals surface area contributed by atoms with Crippen LogP contribution in [-0.4, -0.2) is 28.4 Å². The van der Waals surface area contributed by atoms with Gasteiger partial charge in [0.25, 0.3) is 5.91 Å². The van der Waals surface area contributed by atoms with Crippen molar-refractivity contribution >= 4 is 11.9 Å². The number of aliphatic carboxylic acids is 1. The van der Waals surface area contributed by atoms with Gasteiger partial charge in [-0.25, -0.2) is 0 Å². The van der Waals surface area contributed by atoms with E-state index in [2.05, 4.69) is 0 Å². The molecule has 0 unspecified atom stereocenters. The molecule has 0 bridgehead atoms. The Kier molecular flexibility index (Phi) is 2.33. The zero-order valence-corrected chi connectivity index (χ0v) is 8.30. The normalized spacial score (nSPS) is 13.4. The van der Waals surface area contributed by atoms with Crippen molar-refractivity contribution in [2.45, 2.75) is 6.54 Å². The number of rotatable bonds is 2. The van der Waals surface area contributed by atoms with Crippen molar-refractivity contribution in [2.75, 3.05) is 6.54 Å². The molecule has 0 saturated carbocycles. The Balaban J connectivity index is 2.31. The average Bonchev–Trinajstić information content (AvgIpc) is 2.54. The van der Waals surface area contributed by atoms with Crippen molar-refractivity contribution in [2.24, 2.45) is 0 Å². The zero-order chi connectivity index (χ0) is 11.7. The van der Waals surface area contributed by atoms with Crippen LogP contribution in [0.2, 0.25) is 0 Å². The molecule has 0 spiro atoms. The lowest BCUT2D eigenvalue weighted by Gasteiger charge is -2.11. The standard InChI is InChI=1S/C11H8N2O3/c12-4-7-1-2-9-8(3-7)5-13(11(9)16)6-10(14)15/h1-3H,5-6H2,(H,14,15). The molecule has 1 N–H and O–H groups in total. The van der Waals surface area contributed by atoms with Gasteiger partial charge < -0.3 is 10.0 Å². The Morgan fingerprint density at radius 1 is 1.56 bits per heavy atom. The molecule has 0 aliphatic carbocycles. The van der Waals surface area contributed by atoms with Gasteiger partial charge in [-0.3, -0.25) is 9.59 Å². The van der Waals surface area contributed by atoms with Crippen LogP contribution in [0.15, 0.2) is 18.2 Å². The van der Waals surface area contributed by atoms with Crippen LogP contribution in [0.5, 0.6) is 0 Å². The van der Waals surface area contributed by atoms with Crippen molar-refractivity contribution in [1.29, 1.82) is 5.26 Å². The lowest BCUT2D eigenvalue weighted by molar-refractivity contribution is -0.137. The van der Waals surface area contributed by atoms with Gasteiger partial charge in [0.1, 0.15) is 6.54 Å². The largest absolute Gasteiger partial charge is 0.480 e. The molecule has 0 atom stereocenters. The fourth-order valence-corrected chi connectivity index (χ4v) is 1.74. The van der Waals surface area contributed by atoms with Crippen molar-refractivity contribution < 1.29 is 14.7 Å². The third kappa shape index (κ3) is 1.61. The summed E-state index contributed by atoms with van der Waals surface area (Å²) in [5, 5.41) is 17.3. The molecule has 2 rings (SSSR count). The molecule has 1 aromatic carbocycles. The summed E-state index contributed by atoms with van der Waals surface area (Å²) in [6.45, 7) is -0.0502. The van der Waals surface area contributed by atoms with Crippen LogP contribution in [0.3, 0.4) is 0 Å². The van der Waals surface area contributed by atoms with Crippen LogP contribution in [0.1, 0.15) is 21.5 Å². The monoisotopic (exact) mass is 216 g/mol. The maximum absolute atomic E-state index is 11.7. The maximum atomic E-state index is 11.7. The van der Waals surface area contributed by atoms with E-state index < -0.39 is 5.97 Å². The second kappa shape index (κ2) is 3.66. The Morgan fingerprint density at radius 2 is 2.31 bits per heavy atom. The fourth-order valence-electron chi connectivity index (χ4n) is 1.74. The van der Waals surface area contributed by atoms with Gasteiger partial charge in [-0.15, -0.1) is 0 Å². The summed E-state index contributed by atoms with van der Waals surface area (Å²) >= 11 is 0. The van der Waals surface area contributed by atoms with E-state index in [9.17, 15) is 9.59 Å². The highest BCUT2D eigenvalue weighted by molar-refractivity contribution is 5.99. The predicted molar refractivity (Wildman–Crippen MR) is 53.5 cm³/mol. The van der Waals surface area contributed by atoms with Crippen LogP contribution < -0.4 is 0 Å². The van der Waals surface area contributed by atoms with Crippen molar-refractivity contribution in [1.82, 2.24) is 4.90 Å². The van der Waals surface area contributed by atoms with E-state index in [0.29, 0.717) is 16.7 Å². The lowest BCUT2D eigenvalue weighted by Crippen LogP contribution is -2.29. The summed E-state index contributed by atoms with van der Waals surface area (Å²) in [7, 11) is 0. The number of hydrogen-bond acceptors (Lipinski definition) is 3. The minimum absolute atomic E-state index is 0.260. The molecule has 0 saturated heterocycles. The molecule has 80 valence electrons. The van der Waals surface area contributed by atoms with E-state index in [4.69, 9.17) is 10.4 Å². The van der Waals surface area contributed by atoms with Crippen LogP contribution in [0.4, 0.5) is 0 Å². The number of carbonyl (C=O) groups excluding carboxylic acids is 1. The number of hydrogen-bond donors (Lipinski definition) is 1. The Labute approximate surface area is 91.5 Å². The second-order valence-corrected chi connectivity index (χ2v) is 3.54. The Bertz CT molecular complexity index is 516. The highest BCUT2D eigenvalue weighted by Gasteiger charge is 2.28. The minimum Gasteiger partial charge on any atom is -0.480 e. The van der Waals surface area contributed by atoms with Crippen LogP contribution in [0, 0.1) is 11.3 Å². The molecule has 0 radical (unpaired) electrons. The van der Waals surface area contributed by atoms with Gasteiger partial charge in [0, 0.05) is 12.1 Å². The first-order valence-corrected chi connectivity index (χ1v) is 4.66. The highest BCUT2D eigenvalue weighted by Crippen LogP contribution is 2.23. The highest BCUT2D eigenvalue weighted by atomic mass is 16.4. The van der Waals surface area contributed by atoms with Crippen molar-refractivity contribution in [3.05, 3.63) is 34.9 Å². The first-order valence-electron chi connectivity index (χ1n) is 4.66. The number of carboxylic acids is 1. The summed E-state index contributed by atoms with van der Waals surface area (Å²) in [6.07, 6.45) is 0. The lowest BCUT2D eigenvalue weighted by atomic mass is 10.1. The van der Waals surface area contributed by atoms with E-state index in [1.165, 1.54) is 4.90 Å². The zero-order valence-electron chi connectivity index (χ0n) is 8.30. The SMILES string of the molecule is N#Cc1ccc2c(c1)CN(CC(=O)O)C2=O. The molecule has 5 heteroatoms. The summed E-state index contributed by atoms with van der Waals surface area (Å²) in [5.74, 6) is -1.33. The molecule has 0 fully saturated rings. The maximum Gasteiger partial charge on any atom is 0.323 e. The predicted octanol–water partition coefficient (Wildman–Crippen LogP) is 0.599. The number of carbonyl (C=O) groups is 2. The molecule has 1 amide bonds. The Morgan fingerprint density at radius 3 is 2.94 bits per heavy atom. The molecular formula is C11H8N2O3. The third-order valence-electron chi connectivity index (χ3n) is 2.44. The summed E-state index contributed by atoms with van der Waals surface area (Å²) in [4.78, 5) is 23.5. The molecule has 5 nitrogen and oxygen atoms in total. The van der Waals surface area contributed by atoms with Gasteiger partial charge in [-0.1, -0.05) is 0 Å².